The van der Waals surface area contributed by atoms with E-state index in [-0.39, 0.29) is 38.0 Å². The quantitative estimate of drug-likeness (QED) is 0.246. The van der Waals surface area contributed by atoms with Gasteiger partial charge in [-0.3, -0.25) is 14.6 Å². The Labute approximate surface area is 234 Å². The first kappa shape index (κ1) is 31.5. The molecule has 9 nitrogen and oxygen atoms in total. The Kier molecular flexibility index (Phi) is 10.8. The summed E-state index contributed by atoms with van der Waals surface area (Å²) in [6, 6.07) is 10.5. The second-order valence-corrected chi connectivity index (χ2v) is 9.29. The highest BCUT2D eigenvalue weighted by Crippen LogP contribution is 2.45. The number of aromatic nitrogens is 1. The van der Waals surface area contributed by atoms with Crippen LogP contribution >= 0.6 is 12.4 Å². The summed E-state index contributed by atoms with van der Waals surface area (Å²) in [4.78, 5) is 28.8. The SMILES string of the molecule is CCC(CC)(c1ccc(OC)cc1OCc1cnc2ccc(OC)cc2c1OC(C)C)C(C(=O)O)C(=O)O.Cl. The van der Waals surface area contributed by atoms with Crippen LogP contribution < -0.4 is 18.9 Å². The number of rotatable bonds is 13. The van der Waals surface area contributed by atoms with Gasteiger partial charge in [-0.2, -0.15) is 0 Å². The Morgan fingerprint density at radius 2 is 1.54 bits per heavy atom. The van der Waals surface area contributed by atoms with Gasteiger partial charge >= 0.3 is 11.9 Å². The van der Waals surface area contributed by atoms with Gasteiger partial charge in [-0.05, 0) is 51.0 Å². The normalized spacial score (nSPS) is 11.3. The van der Waals surface area contributed by atoms with Crippen molar-refractivity contribution in [1.29, 1.82) is 0 Å². The molecule has 0 aliphatic carbocycles. The van der Waals surface area contributed by atoms with Crippen LogP contribution in [-0.4, -0.2) is 47.5 Å². The highest BCUT2D eigenvalue weighted by Gasteiger charge is 2.48. The summed E-state index contributed by atoms with van der Waals surface area (Å²) < 4.78 is 23.3. The van der Waals surface area contributed by atoms with Gasteiger partial charge in [-0.15, -0.1) is 12.4 Å². The molecule has 0 aliphatic rings. The number of aliphatic carboxylic acids is 2. The van der Waals surface area contributed by atoms with Gasteiger partial charge in [0.15, 0.2) is 5.92 Å². The Balaban J connectivity index is 0.00000533. The number of hydrogen-bond acceptors (Lipinski definition) is 7. The molecule has 0 radical (unpaired) electrons. The molecule has 0 bridgehead atoms. The van der Waals surface area contributed by atoms with E-state index in [0.29, 0.717) is 34.1 Å². The van der Waals surface area contributed by atoms with Crippen molar-refractivity contribution in [3.63, 3.8) is 0 Å². The van der Waals surface area contributed by atoms with Gasteiger partial charge in [0.2, 0.25) is 0 Å². The fraction of sp³-hybridized carbons (Fsp3) is 0.414. The van der Waals surface area contributed by atoms with Crippen LogP contribution in [0.1, 0.15) is 51.7 Å². The van der Waals surface area contributed by atoms with Crippen LogP contribution in [0.5, 0.6) is 23.0 Å². The van der Waals surface area contributed by atoms with Crippen LogP contribution in [0.4, 0.5) is 0 Å². The second-order valence-electron chi connectivity index (χ2n) is 9.29. The molecule has 0 aliphatic heterocycles. The van der Waals surface area contributed by atoms with E-state index in [4.69, 9.17) is 18.9 Å². The number of carbonyl (C=O) groups is 2. The fourth-order valence-electron chi connectivity index (χ4n) is 4.88. The van der Waals surface area contributed by atoms with E-state index >= 15 is 0 Å². The summed E-state index contributed by atoms with van der Waals surface area (Å²) in [5.41, 5.74) is 0.666. The van der Waals surface area contributed by atoms with Crippen molar-refractivity contribution < 1.29 is 38.7 Å². The average molecular weight is 562 g/mol. The van der Waals surface area contributed by atoms with Gasteiger partial charge in [0.05, 0.1) is 31.4 Å². The molecule has 3 aromatic rings. The molecule has 2 N–H and O–H groups in total. The third kappa shape index (κ3) is 6.47. The summed E-state index contributed by atoms with van der Waals surface area (Å²) >= 11 is 0. The first-order valence-electron chi connectivity index (χ1n) is 12.5. The largest absolute Gasteiger partial charge is 0.497 e. The molecule has 0 saturated heterocycles. The van der Waals surface area contributed by atoms with E-state index < -0.39 is 23.3 Å². The molecule has 1 aromatic heterocycles. The molecule has 2 aromatic carbocycles. The van der Waals surface area contributed by atoms with E-state index in [1.54, 1.807) is 45.4 Å². The number of carboxylic acids is 2. The topological polar surface area (TPSA) is 124 Å². The number of carboxylic acid groups (broad SMARTS) is 2. The minimum Gasteiger partial charge on any atom is -0.497 e. The smallest absolute Gasteiger partial charge is 0.318 e. The minimum atomic E-state index is -1.66. The molecule has 0 fully saturated rings. The zero-order valence-electron chi connectivity index (χ0n) is 23.0. The summed E-state index contributed by atoms with van der Waals surface area (Å²) in [6.07, 6.45) is 2.09. The second kappa shape index (κ2) is 13.4. The molecule has 0 unspecified atom stereocenters. The monoisotopic (exact) mass is 561 g/mol. The average Bonchev–Trinajstić information content (AvgIpc) is 2.90. The predicted octanol–water partition coefficient (Wildman–Crippen LogP) is 5.88. The summed E-state index contributed by atoms with van der Waals surface area (Å²) in [6.45, 7) is 7.45. The number of nitrogens with zero attached hydrogens (tertiary/aromatic N) is 1. The van der Waals surface area contributed by atoms with Gasteiger partial charge in [0, 0.05) is 28.6 Å². The van der Waals surface area contributed by atoms with Gasteiger partial charge in [-0.1, -0.05) is 19.9 Å². The third-order valence-electron chi connectivity index (χ3n) is 6.87. The number of methoxy groups -OCH3 is 2. The van der Waals surface area contributed by atoms with Crippen molar-refractivity contribution in [1.82, 2.24) is 4.98 Å². The Hall–Kier alpha value is -3.72. The van der Waals surface area contributed by atoms with Gasteiger partial charge in [0.25, 0.3) is 0 Å². The lowest BCUT2D eigenvalue weighted by molar-refractivity contribution is -0.158. The number of hydrogen-bond donors (Lipinski definition) is 2. The van der Waals surface area contributed by atoms with Crippen LogP contribution in [0.25, 0.3) is 10.9 Å². The molecule has 0 spiro atoms. The van der Waals surface area contributed by atoms with Gasteiger partial charge < -0.3 is 29.2 Å². The Morgan fingerprint density at radius 3 is 2.08 bits per heavy atom. The molecule has 39 heavy (non-hydrogen) atoms. The Morgan fingerprint density at radius 1 is 0.949 bits per heavy atom. The molecule has 3 rings (SSSR count). The highest BCUT2D eigenvalue weighted by molar-refractivity contribution is 5.95. The van der Waals surface area contributed by atoms with Crippen LogP contribution in [0.15, 0.2) is 42.6 Å². The van der Waals surface area contributed by atoms with Crippen LogP contribution in [-0.2, 0) is 21.6 Å². The van der Waals surface area contributed by atoms with E-state index in [1.807, 2.05) is 32.0 Å². The number of ether oxygens (including phenoxy) is 4. The summed E-state index contributed by atoms with van der Waals surface area (Å²) in [5.74, 6) is -2.38. The van der Waals surface area contributed by atoms with Crippen molar-refractivity contribution in [3.8, 4) is 23.0 Å². The molecule has 0 saturated carbocycles. The molecule has 10 heteroatoms. The lowest BCUT2D eigenvalue weighted by Gasteiger charge is -2.37. The standard InChI is InChI=1S/C29H35NO8.ClH/c1-7-29(8-2,25(27(31)32)28(33)34)22-11-9-20(36-6)14-24(22)37-16-18-15-30-23-12-10-19(35-5)13-21(23)26(18)38-17(3)4;/h9-15,17,25H,7-8,16H2,1-6H3,(H,31,32)(H,33,34);1H. The Bertz CT molecular complexity index is 1290. The molecule has 0 amide bonds. The number of fused-ring (bicyclic) bond motifs is 1. The van der Waals surface area contributed by atoms with E-state index in [9.17, 15) is 19.8 Å². The van der Waals surface area contributed by atoms with Crippen molar-refractivity contribution in [2.45, 2.75) is 58.7 Å². The molecule has 1 heterocycles. The lowest BCUT2D eigenvalue weighted by atomic mass is 9.66. The van der Waals surface area contributed by atoms with Gasteiger partial charge in [0.1, 0.15) is 29.6 Å². The van der Waals surface area contributed by atoms with Crippen LogP contribution in [0.3, 0.4) is 0 Å². The zero-order valence-corrected chi connectivity index (χ0v) is 23.8. The highest BCUT2D eigenvalue weighted by atomic mass is 35.5. The van der Waals surface area contributed by atoms with Crippen LogP contribution in [0, 0.1) is 5.92 Å². The number of benzene rings is 2. The van der Waals surface area contributed by atoms with Crippen molar-refractivity contribution in [3.05, 3.63) is 53.7 Å². The molecule has 212 valence electrons. The summed E-state index contributed by atoms with van der Waals surface area (Å²) in [5, 5.41) is 20.5. The first-order chi connectivity index (χ1) is 18.1. The maximum Gasteiger partial charge on any atom is 0.318 e. The molecular formula is C29H36ClNO8. The predicted molar refractivity (Wildman–Crippen MR) is 150 cm³/mol. The maximum atomic E-state index is 12.1. The molecule has 0 atom stereocenters. The third-order valence-corrected chi connectivity index (χ3v) is 6.87. The summed E-state index contributed by atoms with van der Waals surface area (Å²) in [7, 11) is 3.10. The van der Waals surface area contributed by atoms with Crippen molar-refractivity contribution in [2.24, 2.45) is 5.92 Å². The van der Waals surface area contributed by atoms with E-state index in [1.165, 1.54) is 7.11 Å². The van der Waals surface area contributed by atoms with E-state index in [2.05, 4.69) is 4.98 Å². The van der Waals surface area contributed by atoms with Gasteiger partial charge in [-0.25, -0.2) is 0 Å². The van der Waals surface area contributed by atoms with Crippen molar-refractivity contribution in [2.75, 3.05) is 14.2 Å². The fourth-order valence-corrected chi connectivity index (χ4v) is 4.88. The van der Waals surface area contributed by atoms with Crippen LogP contribution in [0.2, 0.25) is 0 Å². The van der Waals surface area contributed by atoms with E-state index in [0.717, 1.165) is 10.9 Å². The zero-order chi connectivity index (χ0) is 28.0. The maximum absolute atomic E-state index is 12.1. The van der Waals surface area contributed by atoms with Crippen molar-refractivity contribution >= 4 is 35.2 Å². The molecular weight excluding hydrogens is 526 g/mol. The minimum absolute atomic E-state index is 0. The lowest BCUT2D eigenvalue weighted by Crippen LogP contribution is -2.44. The number of pyridine rings is 1. The number of halogens is 1. The first-order valence-corrected chi connectivity index (χ1v) is 12.5.